The maximum absolute atomic E-state index is 10.6. The quantitative estimate of drug-likeness (QED) is 0.133. The fourth-order valence-corrected chi connectivity index (χ4v) is 8.39. The summed E-state index contributed by atoms with van der Waals surface area (Å²) in [5.74, 6) is 0.265. The third-order valence-corrected chi connectivity index (χ3v) is 11.0. The lowest BCUT2D eigenvalue weighted by atomic mass is 10.0. The summed E-state index contributed by atoms with van der Waals surface area (Å²) >= 11 is 3.58. The predicted octanol–water partition coefficient (Wildman–Crippen LogP) is 10.1. The van der Waals surface area contributed by atoms with Gasteiger partial charge in [0.25, 0.3) is 0 Å². The van der Waals surface area contributed by atoms with Crippen molar-refractivity contribution < 1.29 is 5.11 Å². The molecule has 50 heavy (non-hydrogen) atoms. The van der Waals surface area contributed by atoms with Crippen LogP contribution < -0.4 is 10.6 Å². The number of nitrogens with one attached hydrogen (secondary N) is 2. The Kier molecular flexibility index (Phi) is 10.2. The lowest BCUT2D eigenvalue weighted by Crippen LogP contribution is -2.22. The van der Waals surface area contributed by atoms with Gasteiger partial charge in [-0.1, -0.05) is 60.7 Å². The summed E-state index contributed by atoms with van der Waals surface area (Å²) in [5.41, 5.74) is 6.57. The molecular formula is C41H40N6OS2. The van der Waals surface area contributed by atoms with Crippen LogP contribution in [0.25, 0.3) is 31.5 Å². The van der Waals surface area contributed by atoms with E-state index in [1.165, 1.54) is 36.9 Å². The van der Waals surface area contributed by atoms with Crippen LogP contribution in [0, 0.1) is 0 Å². The molecule has 8 rings (SSSR count). The summed E-state index contributed by atoms with van der Waals surface area (Å²) in [7, 11) is 0. The molecule has 9 heteroatoms. The summed E-state index contributed by atoms with van der Waals surface area (Å²) < 4.78 is 6.22. The predicted molar refractivity (Wildman–Crippen MR) is 208 cm³/mol. The van der Waals surface area contributed by atoms with Gasteiger partial charge in [0.05, 0.1) is 5.69 Å². The van der Waals surface area contributed by atoms with Crippen molar-refractivity contribution in [3.63, 3.8) is 0 Å². The molecule has 4 aromatic heterocycles. The number of hydrogen-bond acceptors (Lipinski definition) is 7. The molecule has 0 amide bonds. The maximum Gasteiger partial charge on any atom is 0.145 e. The SMILES string of the molecule is CC(NC(C)c1csc2ccccc12)c1cccc(-n2cccn2)c1.CC(NCc1cccc(-n2cccn2)c1O)c1csc2ccccc12. The minimum atomic E-state index is 0.198. The highest BCUT2D eigenvalue weighted by atomic mass is 32.1. The lowest BCUT2D eigenvalue weighted by Gasteiger charge is -2.21. The van der Waals surface area contributed by atoms with Gasteiger partial charge in [0.1, 0.15) is 11.4 Å². The van der Waals surface area contributed by atoms with E-state index in [1.54, 1.807) is 28.4 Å². The third-order valence-electron chi connectivity index (χ3n) is 9.04. The van der Waals surface area contributed by atoms with Gasteiger partial charge in [0.15, 0.2) is 0 Å². The first-order valence-corrected chi connectivity index (χ1v) is 18.5. The van der Waals surface area contributed by atoms with Gasteiger partial charge < -0.3 is 15.7 Å². The Balaban J connectivity index is 0.000000157. The van der Waals surface area contributed by atoms with Crippen LogP contribution in [0.2, 0.25) is 0 Å². The number of benzene rings is 4. The average Bonchev–Trinajstić information content (AvgIpc) is 3.99. The van der Waals surface area contributed by atoms with E-state index in [0.29, 0.717) is 18.3 Å². The van der Waals surface area contributed by atoms with Crippen molar-refractivity contribution in [3.8, 4) is 17.1 Å². The van der Waals surface area contributed by atoms with Crippen LogP contribution in [0.4, 0.5) is 0 Å². The van der Waals surface area contributed by atoms with Crippen molar-refractivity contribution in [3.05, 3.63) is 161 Å². The number of thiophene rings is 2. The number of phenolic OH excluding ortho intramolecular Hbond substituents is 1. The molecule has 4 heterocycles. The molecule has 3 atom stereocenters. The monoisotopic (exact) mass is 696 g/mol. The number of hydrogen-bond donors (Lipinski definition) is 3. The van der Waals surface area contributed by atoms with Crippen LogP contribution in [-0.2, 0) is 6.54 Å². The van der Waals surface area contributed by atoms with Crippen molar-refractivity contribution in [2.45, 2.75) is 45.4 Å². The number of fused-ring (bicyclic) bond motifs is 2. The van der Waals surface area contributed by atoms with Crippen molar-refractivity contribution >= 4 is 42.8 Å². The Hall–Kier alpha value is -5.06. The first-order chi connectivity index (χ1) is 24.5. The van der Waals surface area contributed by atoms with E-state index >= 15 is 0 Å². The molecule has 0 radical (unpaired) electrons. The van der Waals surface area contributed by atoms with Gasteiger partial charge in [0, 0.05) is 64.4 Å². The van der Waals surface area contributed by atoms with Crippen LogP contribution in [-0.4, -0.2) is 24.7 Å². The molecule has 0 spiro atoms. The Bertz CT molecular complexity index is 2290. The lowest BCUT2D eigenvalue weighted by molar-refractivity contribution is 0.456. The van der Waals surface area contributed by atoms with E-state index in [2.05, 4.69) is 125 Å². The molecule has 0 aliphatic carbocycles. The zero-order valence-corrected chi connectivity index (χ0v) is 29.9. The molecule has 0 saturated heterocycles. The van der Waals surface area contributed by atoms with E-state index in [1.807, 2.05) is 58.7 Å². The van der Waals surface area contributed by atoms with E-state index in [9.17, 15) is 5.11 Å². The fraction of sp³-hybridized carbons (Fsp3) is 0.171. The normalized spacial score (nSPS) is 13.2. The smallest absolute Gasteiger partial charge is 0.145 e. The van der Waals surface area contributed by atoms with Crippen molar-refractivity contribution in [2.24, 2.45) is 0 Å². The number of phenols is 1. The number of nitrogens with zero attached hydrogens (tertiary/aromatic N) is 4. The third kappa shape index (κ3) is 7.27. The summed E-state index contributed by atoms with van der Waals surface area (Å²) in [6, 6.07) is 35.9. The molecule has 3 unspecified atom stereocenters. The second-order valence-electron chi connectivity index (χ2n) is 12.4. The first-order valence-electron chi connectivity index (χ1n) is 16.8. The Labute approximate surface area is 300 Å². The molecule has 252 valence electrons. The van der Waals surface area contributed by atoms with Crippen molar-refractivity contribution in [1.82, 2.24) is 30.2 Å². The largest absolute Gasteiger partial charge is 0.505 e. The molecule has 3 N–H and O–H groups in total. The molecule has 0 aliphatic heterocycles. The zero-order valence-electron chi connectivity index (χ0n) is 28.3. The highest BCUT2D eigenvalue weighted by Gasteiger charge is 2.16. The van der Waals surface area contributed by atoms with Crippen LogP contribution in [0.3, 0.4) is 0 Å². The molecule has 7 nitrogen and oxygen atoms in total. The van der Waals surface area contributed by atoms with E-state index in [0.717, 1.165) is 11.3 Å². The van der Waals surface area contributed by atoms with E-state index in [4.69, 9.17) is 0 Å². The van der Waals surface area contributed by atoms with Crippen LogP contribution in [0.15, 0.2) is 139 Å². The molecule has 0 bridgehead atoms. The minimum absolute atomic E-state index is 0.198. The summed E-state index contributed by atoms with van der Waals surface area (Å²) in [6.45, 7) is 7.20. The van der Waals surface area contributed by atoms with Crippen LogP contribution in [0.5, 0.6) is 5.75 Å². The average molecular weight is 697 g/mol. The second-order valence-corrected chi connectivity index (χ2v) is 14.2. The topological polar surface area (TPSA) is 79.9 Å². The Morgan fingerprint density at radius 1 is 0.660 bits per heavy atom. The van der Waals surface area contributed by atoms with Crippen LogP contribution in [0.1, 0.15) is 61.2 Å². The number of aromatic hydroxyl groups is 1. The summed E-state index contributed by atoms with van der Waals surface area (Å²) in [4.78, 5) is 0. The summed E-state index contributed by atoms with van der Waals surface area (Å²) in [5, 5.41) is 33.5. The highest BCUT2D eigenvalue weighted by Crippen LogP contribution is 2.33. The van der Waals surface area contributed by atoms with Gasteiger partial charge in [-0.05, 0) is 101 Å². The van der Waals surface area contributed by atoms with E-state index in [-0.39, 0.29) is 17.8 Å². The fourth-order valence-electron chi connectivity index (χ4n) is 6.28. The number of rotatable bonds is 10. The molecule has 0 saturated carbocycles. The first kappa shape index (κ1) is 33.4. The Morgan fingerprint density at radius 3 is 1.94 bits per heavy atom. The maximum atomic E-state index is 10.6. The second kappa shape index (κ2) is 15.2. The van der Waals surface area contributed by atoms with Gasteiger partial charge in [-0.25, -0.2) is 9.36 Å². The van der Waals surface area contributed by atoms with Gasteiger partial charge in [-0.2, -0.15) is 10.2 Å². The number of aromatic nitrogens is 4. The highest BCUT2D eigenvalue weighted by molar-refractivity contribution is 7.17. The number of para-hydroxylation sites is 1. The molecule has 4 aromatic carbocycles. The minimum Gasteiger partial charge on any atom is -0.505 e. The Morgan fingerprint density at radius 2 is 1.28 bits per heavy atom. The van der Waals surface area contributed by atoms with Crippen molar-refractivity contribution in [1.29, 1.82) is 0 Å². The van der Waals surface area contributed by atoms with Gasteiger partial charge in [-0.15, -0.1) is 22.7 Å². The van der Waals surface area contributed by atoms with Gasteiger partial charge in [0.2, 0.25) is 0 Å². The molecule has 0 fully saturated rings. The summed E-state index contributed by atoms with van der Waals surface area (Å²) in [6.07, 6.45) is 7.30. The zero-order chi connectivity index (χ0) is 34.5. The molecule has 8 aromatic rings. The van der Waals surface area contributed by atoms with Crippen molar-refractivity contribution in [2.75, 3.05) is 0 Å². The standard InChI is InChI=1S/C21H21N3S.C20H19N3OS/c1-15(17-7-5-8-18(13-17)24-12-6-11-22-24)23-16(2)20-14-25-21-10-4-3-9-19(20)21;1-14(17-13-25-19-9-3-2-7-16(17)19)21-12-15-6-4-8-18(20(15)24)23-11-5-10-22-23/h3-16,23H,1-2H3;2-11,13-14,21,24H,12H2,1H3. The van der Waals surface area contributed by atoms with Crippen LogP contribution >= 0.6 is 22.7 Å². The van der Waals surface area contributed by atoms with E-state index < -0.39 is 0 Å². The van der Waals surface area contributed by atoms with Gasteiger partial charge >= 0.3 is 0 Å². The molecular weight excluding hydrogens is 657 g/mol. The van der Waals surface area contributed by atoms with Gasteiger partial charge in [-0.3, -0.25) is 0 Å². The molecule has 0 aliphatic rings.